The zero-order valence-corrected chi connectivity index (χ0v) is 33.8. The highest BCUT2D eigenvalue weighted by molar-refractivity contribution is 5.98. The largest absolute Gasteiger partial charge is 0.481 e. The Hall–Kier alpha value is -6.23. The Balaban J connectivity index is 2.20. The van der Waals surface area contributed by atoms with Gasteiger partial charge in [-0.25, -0.2) is 4.39 Å². The van der Waals surface area contributed by atoms with Gasteiger partial charge in [0.2, 0.25) is 41.4 Å². The SMILES string of the molecule is CC(=O)N[C@@H](CCCCNC(=O)c1ccc(F)cc1)C(=O)N[C@@H](CC(=O)O)C(=O)N[C@@H](CCC(=O)O)C(=O)N[C@@H](CCCCN)C(=O)N[C@@H](CO)C(=O)N1CCC[C@@H]1C(N)=O. The number of aliphatic hydroxyl groups is 1. The lowest BCUT2D eigenvalue weighted by atomic mass is 10.0. The topological polar surface area (TPSA) is 359 Å². The number of benzene rings is 1. The molecular formula is C38H56FN9O13. The second-order valence-electron chi connectivity index (χ2n) is 14.3. The molecule has 1 aliphatic heterocycles. The Morgan fingerprint density at radius 1 is 0.738 bits per heavy atom. The molecule has 0 aromatic heterocycles. The molecule has 6 atom stereocenters. The second-order valence-corrected chi connectivity index (χ2v) is 14.3. The molecule has 0 aliphatic carbocycles. The molecule has 1 saturated heterocycles. The first-order chi connectivity index (χ1) is 28.9. The molecule has 0 spiro atoms. The monoisotopic (exact) mass is 865 g/mol. The number of hydrogen-bond donors (Lipinski definition) is 11. The number of hydrogen-bond acceptors (Lipinski definition) is 12. The van der Waals surface area contributed by atoms with E-state index in [4.69, 9.17) is 11.5 Å². The van der Waals surface area contributed by atoms with Crippen LogP contribution in [0.5, 0.6) is 0 Å². The number of nitrogens with one attached hydrogen (secondary N) is 6. The minimum absolute atomic E-state index is 0.0248. The molecular weight excluding hydrogens is 809 g/mol. The second kappa shape index (κ2) is 26.1. The van der Waals surface area contributed by atoms with Crippen LogP contribution in [0.2, 0.25) is 0 Å². The molecule has 0 radical (unpaired) electrons. The van der Waals surface area contributed by atoms with E-state index in [0.29, 0.717) is 19.3 Å². The van der Waals surface area contributed by atoms with E-state index in [0.717, 1.165) is 24.0 Å². The predicted molar refractivity (Wildman–Crippen MR) is 211 cm³/mol. The number of likely N-dealkylation sites (tertiary alicyclic amines) is 1. The molecule has 1 heterocycles. The van der Waals surface area contributed by atoms with E-state index in [2.05, 4.69) is 31.9 Å². The number of rotatable bonds is 27. The number of aliphatic hydroxyl groups excluding tert-OH is 1. The van der Waals surface area contributed by atoms with Crippen LogP contribution >= 0.6 is 0 Å². The Morgan fingerprint density at radius 2 is 1.26 bits per heavy atom. The van der Waals surface area contributed by atoms with E-state index in [1.54, 1.807) is 0 Å². The van der Waals surface area contributed by atoms with Gasteiger partial charge in [0.15, 0.2) is 0 Å². The third kappa shape index (κ3) is 17.9. The lowest BCUT2D eigenvalue weighted by molar-refractivity contribution is -0.142. The quantitative estimate of drug-likeness (QED) is 0.0396. The van der Waals surface area contributed by atoms with Crippen molar-refractivity contribution in [3.8, 4) is 0 Å². The van der Waals surface area contributed by atoms with Crippen LogP contribution in [0.25, 0.3) is 0 Å². The molecule has 1 aliphatic rings. The molecule has 23 heteroatoms. The highest BCUT2D eigenvalue weighted by Crippen LogP contribution is 2.18. The molecule has 338 valence electrons. The molecule has 1 aromatic carbocycles. The van der Waals surface area contributed by atoms with E-state index in [1.807, 2.05) is 0 Å². The lowest BCUT2D eigenvalue weighted by Crippen LogP contribution is -2.60. The molecule has 8 amide bonds. The zero-order valence-electron chi connectivity index (χ0n) is 33.8. The van der Waals surface area contributed by atoms with Crippen molar-refractivity contribution in [2.75, 3.05) is 26.2 Å². The molecule has 22 nitrogen and oxygen atoms in total. The van der Waals surface area contributed by atoms with Crippen molar-refractivity contribution in [1.82, 2.24) is 36.8 Å². The van der Waals surface area contributed by atoms with Gasteiger partial charge in [0, 0.05) is 32.0 Å². The molecule has 0 unspecified atom stereocenters. The molecule has 0 bridgehead atoms. The van der Waals surface area contributed by atoms with Gasteiger partial charge in [-0.15, -0.1) is 0 Å². The average molecular weight is 866 g/mol. The van der Waals surface area contributed by atoms with Gasteiger partial charge < -0.3 is 63.6 Å². The van der Waals surface area contributed by atoms with Crippen molar-refractivity contribution in [3.63, 3.8) is 0 Å². The van der Waals surface area contributed by atoms with E-state index in [1.165, 1.54) is 12.1 Å². The minimum atomic E-state index is -1.86. The van der Waals surface area contributed by atoms with Crippen LogP contribution in [0.1, 0.15) is 87.9 Å². The normalized spacial score (nSPS) is 15.8. The number of halogens is 1. The molecule has 2 rings (SSSR count). The van der Waals surface area contributed by atoms with Crippen molar-refractivity contribution >= 4 is 59.2 Å². The first-order valence-electron chi connectivity index (χ1n) is 19.7. The van der Waals surface area contributed by atoms with Gasteiger partial charge in [-0.3, -0.25) is 47.9 Å². The van der Waals surface area contributed by atoms with Crippen LogP contribution in [-0.2, 0) is 43.2 Å². The average Bonchev–Trinajstić information content (AvgIpc) is 3.70. The Labute approximate surface area is 350 Å². The van der Waals surface area contributed by atoms with Crippen LogP contribution in [-0.4, -0.2) is 142 Å². The number of nitrogens with zero attached hydrogens (tertiary/aromatic N) is 1. The number of carboxylic acid groups (broad SMARTS) is 2. The smallest absolute Gasteiger partial charge is 0.305 e. The van der Waals surface area contributed by atoms with E-state index in [9.17, 15) is 67.7 Å². The van der Waals surface area contributed by atoms with Crippen molar-refractivity contribution in [2.45, 2.75) is 114 Å². The van der Waals surface area contributed by atoms with E-state index >= 15 is 0 Å². The zero-order chi connectivity index (χ0) is 45.6. The van der Waals surface area contributed by atoms with Gasteiger partial charge >= 0.3 is 11.9 Å². The number of carbonyl (C=O) groups excluding carboxylic acids is 8. The maximum atomic E-state index is 13.7. The van der Waals surface area contributed by atoms with Crippen molar-refractivity contribution in [3.05, 3.63) is 35.6 Å². The summed E-state index contributed by atoms with van der Waals surface area (Å²) in [5.74, 6) is -10.4. The molecule has 61 heavy (non-hydrogen) atoms. The van der Waals surface area contributed by atoms with Crippen LogP contribution in [0.3, 0.4) is 0 Å². The summed E-state index contributed by atoms with van der Waals surface area (Å²) in [5, 5.41) is 43.3. The number of aliphatic carboxylic acids is 2. The van der Waals surface area contributed by atoms with E-state index < -0.39 is 127 Å². The Bertz CT molecular complexity index is 1730. The summed E-state index contributed by atoms with van der Waals surface area (Å²) >= 11 is 0. The van der Waals surface area contributed by atoms with Gasteiger partial charge in [-0.1, -0.05) is 0 Å². The number of primary amides is 1. The van der Waals surface area contributed by atoms with Gasteiger partial charge in [-0.2, -0.15) is 0 Å². The van der Waals surface area contributed by atoms with Gasteiger partial charge in [0.05, 0.1) is 13.0 Å². The van der Waals surface area contributed by atoms with Crippen LogP contribution < -0.4 is 43.4 Å². The van der Waals surface area contributed by atoms with Crippen LogP contribution in [0, 0.1) is 5.82 Å². The number of amides is 8. The molecule has 13 N–H and O–H groups in total. The first kappa shape index (κ1) is 50.9. The predicted octanol–water partition coefficient (Wildman–Crippen LogP) is -2.89. The van der Waals surface area contributed by atoms with Gasteiger partial charge in [0.1, 0.15) is 42.1 Å². The summed E-state index contributed by atoms with van der Waals surface area (Å²) in [6, 6.07) is -3.93. The third-order valence-electron chi connectivity index (χ3n) is 9.54. The maximum absolute atomic E-state index is 13.7. The maximum Gasteiger partial charge on any atom is 0.305 e. The van der Waals surface area contributed by atoms with Crippen molar-refractivity contribution < 1.29 is 67.7 Å². The third-order valence-corrected chi connectivity index (χ3v) is 9.54. The van der Waals surface area contributed by atoms with Gasteiger partial charge in [0.25, 0.3) is 5.91 Å². The fourth-order valence-corrected chi connectivity index (χ4v) is 6.38. The number of unbranched alkanes of at least 4 members (excludes halogenated alkanes) is 2. The number of nitrogens with two attached hydrogens (primary N) is 2. The Morgan fingerprint density at radius 3 is 1.79 bits per heavy atom. The van der Waals surface area contributed by atoms with Crippen molar-refractivity contribution in [2.24, 2.45) is 11.5 Å². The fraction of sp³-hybridized carbons (Fsp3) is 0.579. The summed E-state index contributed by atoms with van der Waals surface area (Å²) in [4.78, 5) is 128. The first-order valence-corrected chi connectivity index (χ1v) is 19.7. The minimum Gasteiger partial charge on any atom is -0.481 e. The fourth-order valence-electron chi connectivity index (χ4n) is 6.38. The Kier molecular flexibility index (Phi) is 21.8. The van der Waals surface area contributed by atoms with Crippen molar-refractivity contribution in [1.29, 1.82) is 0 Å². The van der Waals surface area contributed by atoms with E-state index in [-0.39, 0.29) is 57.3 Å². The highest BCUT2D eigenvalue weighted by atomic mass is 19.1. The molecule has 1 aromatic rings. The summed E-state index contributed by atoms with van der Waals surface area (Å²) in [6.45, 7) is 0.718. The van der Waals surface area contributed by atoms with Crippen LogP contribution in [0.4, 0.5) is 4.39 Å². The summed E-state index contributed by atoms with van der Waals surface area (Å²) in [6.07, 6.45) is -0.422. The summed E-state index contributed by atoms with van der Waals surface area (Å²) in [7, 11) is 0. The van der Waals surface area contributed by atoms with Gasteiger partial charge in [-0.05, 0) is 88.6 Å². The number of carboxylic acids is 2. The summed E-state index contributed by atoms with van der Waals surface area (Å²) in [5.41, 5.74) is 11.2. The highest BCUT2D eigenvalue weighted by Gasteiger charge is 2.38. The lowest BCUT2D eigenvalue weighted by Gasteiger charge is -2.29. The number of carbonyl (C=O) groups is 10. The summed E-state index contributed by atoms with van der Waals surface area (Å²) < 4.78 is 13.2. The van der Waals surface area contributed by atoms with Crippen LogP contribution in [0.15, 0.2) is 24.3 Å². The standard InChI is InChI=1S/C38H56FN9O13/c1-21(50)43-24(8-3-5-17-42-33(56)22-10-12-23(39)13-11-22)34(57)46-27(19-31(53)54)37(60)45-26(14-15-30(51)52)36(59)44-25(7-2-4-16-40)35(58)47-28(20-49)38(61)48-18-6-9-29(48)32(41)55/h10-13,24-29,49H,2-9,14-20,40H2,1H3,(H2,41,55)(H,42,56)(H,43,50)(H,44,59)(H,45,60)(H,46,57)(H,47,58)(H,51,52)(H,53,54)/t24-,25-,26-,27-,28-,29+/m0/s1. The molecule has 0 saturated carbocycles. The molecule has 1 fully saturated rings.